The quantitative estimate of drug-likeness (QED) is 0.808. The van der Waals surface area contributed by atoms with E-state index in [0.717, 1.165) is 24.7 Å². The third-order valence-corrected chi connectivity index (χ3v) is 5.21. The number of hydrogen-bond donors (Lipinski definition) is 0. The van der Waals surface area contributed by atoms with Crippen LogP contribution in [-0.2, 0) is 11.3 Å². The second kappa shape index (κ2) is 7.11. The summed E-state index contributed by atoms with van der Waals surface area (Å²) in [6, 6.07) is 5.35. The number of hydrogen-bond acceptors (Lipinski definition) is 4. The third-order valence-electron chi connectivity index (χ3n) is 5.21. The van der Waals surface area contributed by atoms with Crippen molar-refractivity contribution in [3.8, 4) is 0 Å². The molecule has 0 aromatic heterocycles. The molecule has 136 valence electrons. The van der Waals surface area contributed by atoms with Crippen molar-refractivity contribution >= 4 is 5.90 Å². The molecule has 1 aromatic carbocycles. The molecular formula is C21H31N3O. The molecule has 4 heteroatoms. The third kappa shape index (κ3) is 3.83. The summed E-state index contributed by atoms with van der Waals surface area (Å²) >= 11 is 0. The van der Waals surface area contributed by atoms with Crippen LogP contribution in [0.2, 0.25) is 0 Å². The predicted octanol–water partition coefficient (Wildman–Crippen LogP) is 4.06. The molecule has 0 saturated heterocycles. The van der Waals surface area contributed by atoms with Crippen molar-refractivity contribution in [3.05, 3.63) is 46.8 Å². The highest BCUT2D eigenvalue weighted by Crippen LogP contribution is 2.24. The molecule has 2 aliphatic heterocycles. The van der Waals surface area contributed by atoms with E-state index < -0.39 is 0 Å². The summed E-state index contributed by atoms with van der Waals surface area (Å²) in [6.45, 7) is 15.8. The molecule has 0 fully saturated rings. The predicted molar refractivity (Wildman–Crippen MR) is 104 cm³/mol. The van der Waals surface area contributed by atoms with Crippen molar-refractivity contribution in [1.29, 1.82) is 0 Å². The van der Waals surface area contributed by atoms with Gasteiger partial charge in [-0.1, -0.05) is 19.9 Å². The van der Waals surface area contributed by atoms with Gasteiger partial charge in [-0.2, -0.15) is 0 Å². The van der Waals surface area contributed by atoms with Crippen LogP contribution in [0, 0.1) is 19.8 Å². The molecule has 2 heterocycles. The van der Waals surface area contributed by atoms with Gasteiger partial charge in [-0.05, 0) is 56.4 Å². The van der Waals surface area contributed by atoms with Crippen LogP contribution >= 0.6 is 0 Å². The van der Waals surface area contributed by atoms with Crippen molar-refractivity contribution in [1.82, 2.24) is 9.80 Å². The molecule has 0 unspecified atom stereocenters. The Bertz CT molecular complexity index is 691. The van der Waals surface area contributed by atoms with E-state index in [4.69, 9.17) is 9.73 Å². The van der Waals surface area contributed by atoms with Gasteiger partial charge in [0.2, 0.25) is 5.90 Å². The van der Waals surface area contributed by atoms with Crippen LogP contribution in [-0.4, -0.2) is 41.1 Å². The zero-order valence-corrected chi connectivity index (χ0v) is 16.4. The van der Waals surface area contributed by atoms with Gasteiger partial charge in [0.15, 0.2) is 0 Å². The van der Waals surface area contributed by atoms with Crippen LogP contribution in [0.4, 0.5) is 0 Å². The minimum Gasteiger partial charge on any atom is -0.475 e. The summed E-state index contributed by atoms with van der Waals surface area (Å²) in [6.07, 6.45) is 4.38. The van der Waals surface area contributed by atoms with Gasteiger partial charge in [0.05, 0.1) is 12.7 Å². The lowest BCUT2D eigenvalue weighted by Gasteiger charge is -2.25. The second-order valence-electron chi connectivity index (χ2n) is 7.94. The molecule has 25 heavy (non-hydrogen) atoms. The van der Waals surface area contributed by atoms with Crippen LogP contribution in [0.3, 0.4) is 0 Å². The number of ether oxygens (including phenoxy) is 1. The Morgan fingerprint density at radius 1 is 1.12 bits per heavy atom. The minimum absolute atomic E-state index is 0.278. The first-order valence-electron chi connectivity index (χ1n) is 9.34. The van der Waals surface area contributed by atoms with E-state index in [2.05, 4.69) is 75.9 Å². The van der Waals surface area contributed by atoms with Crippen LogP contribution in [0.5, 0.6) is 0 Å². The average molecular weight is 341 g/mol. The molecule has 0 radical (unpaired) electrons. The lowest BCUT2D eigenvalue weighted by molar-refractivity contribution is 0.226. The van der Waals surface area contributed by atoms with Crippen LogP contribution in [0.15, 0.2) is 29.5 Å². The van der Waals surface area contributed by atoms with Crippen LogP contribution in [0.25, 0.3) is 0 Å². The maximum Gasteiger partial charge on any atom is 0.216 e. The van der Waals surface area contributed by atoms with E-state index in [1.807, 2.05) is 0 Å². The number of benzene rings is 1. The highest BCUT2D eigenvalue weighted by atomic mass is 16.5. The first kappa shape index (κ1) is 17.8. The maximum absolute atomic E-state index is 5.92. The molecule has 2 aliphatic rings. The number of aryl methyl sites for hydroxylation is 2. The normalized spacial score (nSPS) is 20.0. The summed E-state index contributed by atoms with van der Waals surface area (Å²) in [5, 5.41) is 0. The van der Waals surface area contributed by atoms with Gasteiger partial charge in [-0.25, -0.2) is 4.99 Å². The fourth-order valence-electron chi connectivity index (χ4n) is 3.32. The van der Waals surface area contributed by atoms with Crippen LogP contribution in [0.1, 0.15) is 49.9 Å². The Morgan fingerprint density at radius 2 is 1.88 bits per heavy atom. The molecule has 0 aliphatic carbocycles. The van der Waals surface area contributed by atoms with E-state index >= 15 is 0 Å². The molecule has 0 amide bonds. The number of nitrogens with zero attached hydrogens (tertiary/aromatic N) is 3. The Kier molecular flexibility index (Phi) is 5.07. The Labute approximate surface area is 152 Å². The first-order valence-corrected chi connectivity index (χ1v) is 9.34. The summed E-state index contributed by atoms with van der Waals surface area (Å²) in [5.41, 5.74) is 5.06. The average Bonchev–Trinajstić information content (AvgIpc) is 3.19. The summed E-state index contributed by atoms with van der Waals surface area (Å²) < 4.78 is 5.92. The molecule has 1 aromatic rings. The van der Waals surface area contributed by atoms with Gasteiger partial charge in [-0.3, -0.25) is 0 Å². The van der Waals surface area contributed by atoms with E-state index in [9.17, 15) is 0 Å². The van der Waals surface area contributed by atoms with Crippen molar-refractivity contribution in [2.24, 2.45) is 10.9 Å². The van der Waals surface area contributed by atoms with Crippen molar-refractivity contribution in [2.45, 2.75) is 60.2 Å². The van der Waals surface area contributed by atoms with Gasteiger partial charge in [-0.15, -0.1) is 0 Å². The Morgan fingerprint density at radius 3 is 2.48 bits per heavy atom. The maximum atomic E-state index is 5.92. The lowest BCUT2D eigenvalue weighted by atomic mass is 9.99. The van der Waals surface area contributed by atoms with Crippen LogP contribution < -0.4 is 0 Å². The summed E-state index contributed by atoms with van der Waals surface area (Å²) in [5.74, 6) is 1.33. The zero-order chi connectivity index (χ0) is 18.1. The molecule has 0 spiro atoms. The molecular weight excluding hydrogens is 310 g/mol. The summed E-state index contributed by atoms with van der Waals surface area (Å²) in [4.78, 5) is 9.52. The van der Waals surface area contributed by atoms with Gasteiger partial charge >= 0.3 is 0 Å². The van der Waals surface area contributed by atoms with E-state index in [1.165, 1.54) is 16.7 Å². The van der Waals surface area contributed by atoms with Gasteiger partial charge in [0.1, 0.15) is 6.61 Å². The largest absolute Gasteiger partial charge is 0.475 e. The van der Waals surface area contributed by atoms with E-state index in [1.54, 1.807) is 0 Å². The van der Waals surface area contributed by atoms with Crippen molar-refractivity contribution in [3.63, 3.8) is 0 Å². The van der Waals surface area contributed by atoms with Gasteiger partial charge < -0.3 is 14.5 Å². The SMILES string of the molecule is Cc1cc(C)c(C2=N[C@@H](C(C)C)CO2)cc1CN1C=CN(C(C)C)C1. The number of aliphatic imine (C=N–C) groups is 1. The molecule has 0 bridgehead atoms. The topological polar surface area (TPSA) is 28.1 Å². The fraction of sp³-hybridized carbons (Fsp3) is 0.571. The lowest BCUT2D eigenvalue weighted by Crippen LogP contribution is -2.30. The smallest absolute Gasteiger partial charge is 0.216 e. The monoisotopic (exact) mass is 341 g/mol. The van der Waals surface area contributed by atoms with E-state index in [-0.39, 0.29) is 6.04 Å². The Balaban J connectivity index is 1.80. The van der Waals surface area contributed by atoms with Crippen molar-refractivity contribution in [2.75, 3.05) is 13.3 Å². The van der Waals surface area contributed by atoms with Gasteiger partial charge in [0, 0.05) is 30.5 Å². The van der Waals surface area contributed by atoms with E-state index in [0.29, 0.717) is 18.6 Å². The number of rotatable bonds is 5. The molecule has 0 N–H and O–H groups in total. The highest BCUT2D eigenvalue weighted by Gasteiger charge is 2.24. The molecule has 0 saturated carbocycles. The Hall–Kier alpha value is -1.97. The standard InChI is InChI=1S/C21H31N3O/c1-14(2)20-12-25-21(22-20)19-10-18(16(5)9-17(19)6)11-23-7-8-24(13-23)15(3)4/h7-10,14-15,20H,11-13H2,1-6H3/t20-/m1/s1. The second-order valence-corrected chi connectivity index (χ2v) is 7.94. The zero-order valence-electron chi connectivity index (χ0n) is 16.4. The molecule has 1 atom stereocenters. The molecule has 4 nitrogen and oxygen atoms in total. The first-order chi connectivity index (χ1) is 11.8. The summed E-state index contributed by atoms with van der Waals surface area (Å²) in [7, 11) is 0. The van der Waals surface area contributed by atoms with Gasteiger partial charge in [0.25, 0.3) is 0 Å². The highest BCUT2D eigenvalue weighted by molar-refractivity contribution is 5.96. The fourth-order valence-corrected chi connectivity index (χ4v) is 3.32. The molecule has 3 rings (SSSR count). The van der Waals surface area contributed by atoms with Crippen molar-refractivity contribution < 1.29 is 4.74 Å². The minimum atomic E-state index is 0.278.